The number of anilines is 1. The summed E-state index contributed by atoms with van der Waals surface area (Å²) in [4.78, 5) is 4.16. The number of sulfone groups is 1. The summed E-state index contributed by atoms with van der Waals surface area (Å²) in [6.45, 7) is 1.87. The van der Waals surface area contributed by atoms with E-state index in [-0.39, 0.29) is 16.3 Å². The Labute approximate surface area is 106 Å². The molecule has 0 fully saturated rings. The van der Waals surface area contributed by atoms with Crippen LogP contribution < -0.4 is 5.73 Å². The molecular formula is C13H14N2O2S. The number of hydrogen-bond acceptors (Lipinski definition) is 4. The standard InChI is InChI=1S/C13H14N2O2S/c1-10-6-11(8-15-7-10)9-18(16,17)13-5-3-2-4-12(13)14/h2-8H,9,14H2,1H3. The van der Waals surface area contributed by atoms with Crippen molar-refractivity contribution in [3.05, 3.63) is 53.9 Å². The zero-order valence-corrected chi connectivity index (χ0v) is 10.8. The number of pyridine rings is 1. The van der Waals surface area contributed by atoms with Gasteiger partial charge in [-0.3, -0.25) is 4.98 Å². The monoisotopic (exact) mass is 262 g/mol. The second kappa shape index (κ2) is 4.78. The number of benzene rings is 1. The van der Waals surface area contributed by atoms with Gasteiger partial charge in [0.15, 0.2) is 9.84 Å². The van der Waals surface area contributed by atoms with Crippen molar-refractivity contribution in [3.63, 3.8) is 0 Å². The van der Waals surface area contributed by atoms with E-state index in [1.807, 2.05) is 13.0 Å². The van der Waals surface area contributed by atoms with E-state index in [9.17, 15) is 8.42 Å². The summed E-state index contributed by atoms with van der Waals surface area (Å²) in [6, 6.07) is 8.29. The first-order chi connectivity index (χ1) is 8.49. The van der Waals surface area contributed by atoms with Crippen LogP contribution in [0.15, 0.2) is 47.6 Å². The van der Waals surface area contributed by atoms with Gasteiger partial charge in [-0.25, -0.2) is 8.42 Å². The van der Waals surface area contributed by atoms with Crippen molar-refractivity contribution in [2.45, 2.75) is 17.6 Å². The lowest BCUT2D eigenvalue weighted by atomic mass is 10.2. The molecule has 0 spiro atoms. The maximum Gasteiger partial charge on any atom is 0.184 e. The average molecular weight is 262 g/mol. The van der Waals surface area contributed by atoms with Crippen molar-refractivity contribution in [1.29, 1.82) is 0 Å². The topological polar surface area (TPSA) is 73.0 Å². The first-order valence-electron chi connectivity index (χ1n) is 5.47. The molecule has 0 bridgehead atoms. The van der Waals surface area contributed by atoms with Crippen LogP contribution in [0.3, 0.4) is 0 Å². The summed E-state index contributed by atoms with van der Waals surface area (Å²) >= 11 is 0. The van der Waals surface area contributed by atoms with Gasteiger partial charge in [0.25, 0.3) is 0 Å². The van der Waals surface area contributed by atoms with Crippen molar-refractivity contribution < 1.29 is 8.42 Å². The molecule has 94 valence electrons. The van der Waals surface area contributed by atoms with E-state index in [2.05, 4.69) is 4.98 Å². The van der Waals surface area contributed by atoms with Gasteiger partial charge in [-0.05, 0) is 30.2 Å². The Hall–Kier alpha value is -1.88. The van der Waals surface area contributed by atoms with Gasteiger partial charge in [0.1, 0.15) is 0 Å². The van der Waals surface area contributed by atoms with Gasteiger partial charge < -0.3 is 5.73 Å². The second-order valence-electron chi connectivity index (χ2n) is 4.17. The Morgan fingerprint density at radius 1 is 1.22 bits per heavy atom. The number of nitrogens with zero attached hydrogens (tertiary/aromatic N) is 1. The normalized spacial score (nSPS) is 11.4. The van der Waals surface area contributed by atoms with Gasteiger partial charge in [0.2, 0.25) is 0 Å². The number of nitrogens with two attached hydrogens (primary N) is 1. The summed E-state index contributed by atoms with van der Waals surface area (Å²) in [6.07, 6.45) is 3.25. The first kappa shape index (κ1) is 12.6. The Balaban J connectivity index is 2.37. The summed E-state index contributed by atoms with van der Waals surface area (Å²) in [5, 5.41) is 0. The molecule has 5 heteroatoms. The van der Waals surface area contributed by atoms with Crippen LogP contribution in [-0.4, -0.2) is 13.4 Å². The molecule has 2 N–H and O–H groups in total. The van der Waals surface area contributed by atoms with E-state index < -0.39 is 9.84 Å². The van der Waals surface area contributed by atoms with Gasteiger partial charge in [-0.15, -0.1) is 0 Å². The minimum absolute atomic E-state index is 0.0874. The van der Waals surface area contributed by atoms with Crippen LogP contribution in [0, 0.1) is 6.92 Å². The van der Waals surface area contributed by atoms with Gasteiger partial charge in [-0.1, -0.05) is 18.2 Å². The third-order valence-electron chi connectivity index (χ3n) is 2.54. The number of aryl methyl sites for hydroxylation is 1. The SMILES string of the molecule is Cc1cncc(CS(=O)(=O)c2ccccc2N)c1. The van der Waals surface area contributed by atoms with Crippen molar-refractivity contribution in [2.24, 2.45) is 0 Å². The lowest BCUT2D eigenvalue weighted by Gasteiger charge is -2.07. The Morgan fingerprint density at radius 3 is 2.61 bits per heavy atom. The summed E-state index contributed by atoms with van der Waals surface area (Å²) in [7, 11) is -3.43. The number of hydrogen-bond donors (Lipinski definition) is 1. The molecule has 0 aliphatic heterocycles. The molecule has 18 heavy (non-hydrogen) atoms. The van der Waals surface area contributed by atoms with Crippen LogP contribution >= 0.6 is 0 Å². The third kappa shape index (κ3) is 2.68. The molecule has 1 heterocycles. The Bertz CT molecular complexity index is 666. The third-order valence-corrected chi connectivity index (χ3v) is 4.30. The van der Waals surface area contributed by atoms with E-state index in [0.717, 1.165) is 5.56 Å². The molecule has 0 saturated heterocycles. The molecular weight excluding hydrogens is 248 g/mol. The largest absolute Gasteiger partial charge is 0.398 e. The molecule has 2 rings (SSSR count). The molecule has 0 radical (unpaired) electrons. The van der Waals surface area contributed by atoms with Gasteiger partial charge in [0, 0.05) is 12.4 Å². The smallest absolute Gasteiger partial charge is 0.184 e. The average Bonchev–Trinajstić information content (AvgIpc) is 2.28. The molecule has 0 amide bonds. The molecule has 4 nitrogen and oxygen atoms in total. The Kier molecular flexibility index (Phi) is 3.34. The molecule has 0 atom stereocenters. The van der Waals surface area contributed by atoms with Crippen molar-refractivity contribution in [3.8, 4) is 0 Å². The molecule has 2 aromatic rings. The first-order valence-corrected chi connectivity index (χ1v) is 7.12. The van der Waals surface area contributed by atoms with E-state index in [0.29, 0.717) is 5.56 Å². The maximum absolute atomic E-state index is 12.2. The van der Waals surface area contributed by atoms with E-state index in [1.165, 1.54) is 6.07 Å². The van der Waals surface area contributed by atoms with E-state index >= 15 is 0 Å². The van der Waals surface area contributed by atoms with E-state index in [4.69, 9.17) is 5.73 Å². The molecule has 1 aromatic heterocycles. The zero-order valence-electron chi connectivity index (χ0n) is 10.00. The fourth-order valence-corrected chi connectivity index (χ4v) is 3.22. The predicted molar refractivity (Wildman–Crippen MR) is 70.7 cm³/mol. The Morgan fingerprint density at radius 2 is 1.94 bits per heavy atom. The molecule has 0 unspecified atom stereocenters. The summed E-state index contributed by atoms with van der Waals surface area (Å²) in [5.41, 5.74) is 7.57. The fourth-order valence-electron chi connectivity index (χ4n) is 1.76. The summed E-state index contributed by atoms with van der Waals surface area (Å²) in [5.74, 6) is -0.0874. The lowest BCUT2D eigenvalue weighted by molar-refractivity contribution is 0.595. The molecule has 0 aliphatic carbocycles. The maximum atomic E-state index is 12.2. The minimum atomic E-state index is -3.43. The fraction of sp³-hybridized carbons (Fsp3) is 0.154. The number of para-hydroxylation sites is 1. The molecule has 0 aliphatic rings. The van der Waals surface area contributed by atoms with E-state index in [1.54, 1.807) is 30.6 Å². The second-order valence-corrected chi connectivity index (χ2v) is 6.13. The van der Waals surface area contributed by atoms with Crippen LogP contribution in [0.4, 0.5) is 5.69 Å². The molecule has 1 aromatic carbocycles. The number of rotatable bonds is 3. The van der Waals surface area contributed by atoms with Gasteiger partial charge in [-0.2, -0.15) is 0 Å². The highest BCUT2D eigenvalue weighted by molar-refractivity contribution is 7.90. The predicted octanol–water partition coefficient (Wildman–Crippen LogP) is 1.95. The zero-order chi connectivity index (χ0) is 13.2. The van der Waals surface area contributed by atoms with Crippen LogP contribution in [0.25, 0.3) is 0 Å². The van der Waals surface area contributed by atoms with Crippen LogP contribution in [0.2, 0.25) is 0 Å². The highest BCUT2D eigenvalue weighted by atomic mass is 32.2. The highest BCUT2D eigenvalue weighted by Crippen LogP contribution is 2.21. The van der Waals surface area contributed by atoms with Crippen molar-refractivity contribution in [2.75, 3.05) is 5.73 Å². The highest BCUT2D eigenvalue weighted by Gasteiger charge is 2.18. The van der Waals surface area contributed by atoms with Crippen LogP contribution in [0.1, 0.15) is 11.1 Å². The minimum Gasteiger partial charge on any atom is -0.398 e. The molecule has 0 saturated carbocycles. The van der Waals surface area contributed by atoms with Crippen LogP contribution in [0.5, 0.6) is 0 Å². The summed E-state index contributed by atoms with van der Waals surface area (Å²) < 4.78 is 24.5. The number of aromatic nitrogens is 1. The van der Waals surface area contributed by atoms with Crippen molar-refractivity contribution in [1.82, 2.24) is 4.98 Å². The van der Waals surface area contributed by atoms with Gasteiger partial charge in [0.05, 0.1) is 16.3 Å². The van der Waals surface area contributed by atoms with Gasteiger partial charge >= 0.3 is 0 Å². The quantitative estimate of drug-likeness (QED) is 0.858. The van der Waals surface area contributed by atoms with Crippen molar-refractivity contribution >= 4 is 15.5 Å². The lowest BCUT2D eigenvalue weighted by Crippen LogP contribution is -2.08. The van der Waals surface area contributed by atoms with Crippen LogP contribution in [-0.2, 0) is 15.6 Å². The number of nitrogen functional groups attached to an aromatic ring is 1.